The van der Waals surface area contributed by atoms with Crippen LogP contribution in [0.1, 0.15) is 21.5 Å². The van der Waals surface area contributed by atoms with E-state index in [0.29, 0.717) is 0 Å². The Morgan fingerprint density at radius 1 is 0.520 bits per heavy atom. The number of ketones is 1. The van der Waals surface area contributed by atoms with Crippen LogP contribution in [0.25, 0.3) is 0 Å². The van der Waals surface area contributed by atoms with Gasteiger partial charge in [0.2, 0.25) is 11.6 Å². The van der Waals surface area contributed by atoms with Crippen molar-refractivity contribution < 1.29 is 49.4 Å². The third-order valence-electron chi connectivity index (χ3n) is 3.76. The molecule has 0 spiro atoms. The SMILES string of the molecule is O=C1c2c(F)c(F)c(F)c(F)c2C1(O)c1c(F)c(F)c(F)c(F)c1F. The van der Waals surface area contributed by atoms with Gasteiger partial charge >= 0.3 is 0 Å². The van der Waals surface area contributed by atoms with Crippen LogP contribution in [0, 0.1) is 52.4 Å². The minimum absolute atomic E-state index is 1.61. The first-order valence-electron chi connectivity index (χ1n) is 6.13. The summed E-state index contributed by atoms with van der Waals surface area (Å²) >= 11 is 0. The minimum atomic E-state index is -3.93. The van der Waals surface area contributed by atoms with E-state index in [0.717, 1.165) is 0 Å². The van der Waals surface area contributed by atoms with Gasteiger partial charge in [0, 0.05) is 5.56 Å². The van der Waals surface area contributed by atoms with Crippen LogP contribution < -0.4 is 0 Å². The second-order valence-electron chi connectivity index (χ2n) is 4.99. The monoisotopic (exact) mass is 372 g/mol. The summed E-state index contributed by atoms with van der Waals surface area (Å²) in [5.41, 5.74) is -9.55. The zero-order valence-corrected chi connectivity index (χ0v) is 11.3. The minimum Gasteiger partial charge on any atom is -0.373 e. The molecule has 132 valence electrons. The van der Waals surface area contributed by atoms with Crippen LogP contribution in [0.15, 0.2) is 0 Å². The summed E-state index contributed by atoms with van der Waals surface area (Å²) in [5.74, 6) is -25.1. The highest BCUT2D eigenvalue weighted by Gasteiger charge is 2.60. The molecule has 3 rings (SSSR count). The quantitative estimate of drug-likeness (QED) is 0.474. The Morgan fingerprint density at radius 2 is 0.840 bits per heavy atom. The fraction of sp³-hybridized carbons (Fsp3) is 0.0714. The number of aliphatic hydroxyl groups is 1. The van der Waals surface area contributed by atoms with Gasteiger partial charge in [0.15, 0.2) is 52.1 Å². The summed E-state index contributed by atoms with van der Waals surface area (Å²) in [6.45, 7) is 0. The van der Waals surface area contributed by atoms with Crippen molar-refractivity contribution >= 4 is 5.78 Å². The maximum absolute atomic E-state index is 13.8. The van der Waals surface area contributed by atoms with Crippen molar-refractivity contribution in [2.45, 2.75) is 5.60 Å². The van der Waals surface area contributed by atoms with E-state index in [2.05, 4.69) is 0 Å². The average Bonchev–Trinajstić information content (AvgIpc) is 2.58. The number of halogens is 9. The number of benzene rings is 2. The van der Waals surface area contributed by atoms with E-state index in [1.165, 1.54) is 0 Å². The summed E-state index contributed by atoms with van der Waals surface area (Å²) < 4.78 is 121. The van der Waals surface area contributed by atoms with Gasteiger partial charge in [-0.1, -0.05) is 0 Å². The van der Waals surface area contributed by atoms with Gasteiger partial charge in [-0.3, -0.25) is 4.79 Å². The molecule has 1 aliphatic rings. The van der Waals surface area contributed by atoms with Gasteiger partial charge < -0.3 is 5.11 Å². The topological polar surface area (TPSA) is 37.3 Å². The van der Waals surface area contributed by atoms with Crippen molar-refractivity contribution in [1.29, 1.82) is 0 Å². The molecule has 0 bridgehead atoms. The van der Waals surface area contributed by atoms with E-state index in [1.54, 1.807) is 0 Å². The van der Waals surface area contributed by atoms with E-state index >= 15 is 0 Å². The lowest BCUT2D eigenvalue weighted by Gasteiger charge is -2.38. The molecule has 2 aromatic carbocycles. The summed E-state index contributed by atoms with van der Waals surface area (Å²) in [6, 6.07) is 0. The van der Waals surface area contributed by atoms with Gasteiger partial charge in [-0.05, 0) is 0 Å². The first-order chi connectivity index (χ1) is 11.5. The average molecular weight is 372 g/mol. The summed E-state index contributed by atoms with van der Waals surface area (Å²) in [7, 11) is 0. The molecular formula is C14HF9O2. The Bertz CT molecular complexity index is 956. The molecular weight excluding hydrogens is 371 g/mol. The van der Waals surface area contributed by atoms with Crippen molar-refractivity contribution in [2.24, 2.45) is 0 Å². The number of hydrogen-bond acceptors (Lipinski definition) is 2. The Hall–Kier alpha value is -2.56. The molecule has 1 aliphatic carbocycles. The standard InChI is InChI=1S/C14HF9O2/c15-4-1-2(5(16)9(20)8(4)19)14(25,13(1)24)3-6(17)10(21)12(23)11(22)7(3)18/h25H. The molecule has 0 saturated carbocycles. The molecule has 1 atom stereocenters. The number of carbonyl (C=O) groups is 1. The van der Waals surface area contributed by atoms with E-state index in [-0.39, 0.29) is 0 Å². The Labute approximate surface area is 131 Å². The molecule has 1 N–H and O–H groups in total. The van der Waals surface area contributed by atoms with Crippen LogP contribution in [0.4, 0.5) is 39.5 Å². The predicted octanol–water partition coefficient (Wildman–Crippen LogP) is 3.37. The largest absolute Gasteiger partial charge is 0.373 e. The van der Waals surface area contributed by atoms with Gasteiger partial charge in [-0.2, -0.15) is 0 Å². The van der Waals surface area contributed by atoms with Crippen LogP contribution >= 0.6 is 0 Å². The summed E-state index contributed by atoms with van der Waals surface area (Å²) in [6.07, 6.45) is 0. The van der Waals surface area contributed by atoms with E-state index in [1.807, 2.05) is 0 Å². The fourth-order valence-electron chi connectivity index (χ4n) is 2.58. The number of carbonyl (C=O) groups excluding carboxylic acids is 1. The molecule has 1 unspecified atom stereocenters. The van der Waals surface area contributed by atoms with Gasteiger partial charge in [-0.25, -0.2) is 39.5 Å². The Morgan fingerprint density at radius 3 is 1.28 bits per heavy atom. The molecule has 0 fully saturated rings. The Balaban J connectivity index is 2.45. The van der Waals surface area contributed by atoms with Crippen molar-refractivity contribution in [3.05, 3.63) is 69.0 Å². The Kier molecular flexibility index (Phi) is 3.44. The molecule has 0 radical (unpaired) electrons. The maximum Gasteiger partial charge on any atom is 0.207 e. The molecule has 11 heteroatoms. The second kappa shape index (κ2) is 4.97. The van der Waals surface area contributed by atoms with E-state index in [4.69, 9.17) is 0 Å². The lowest BCUT2D eigenvalue weighted by molar-refractivity contribution is 0.0295. The van der Waals surface area contributed by atoms with Crippen LogP contribution in [-0.2, 0) is 5.60 Å². The van der Waals surface area contributed by atoms with Crippen LogP contribution in [0.2, 0.25) is 0 Å². The van der Waals surface area contributed by atoms with Crippen molar-refractivity contribution in [2.75, 3.05) is 0 Å². The van der Waals surface area contributed by atoms with Gasteiger partial charge in [0.05, 0.1) is 11.1 Å². The first kappa shape index (κ1) is 17.3. The van der Waals surface area contributed by atoms with Crippen molar-refractivity contribution in [1.82, 2.24) is 0 Å². The highest BCUT2D eigenvalue weighted by Crippen LogP contribution is 2.49. The zero-order chi connectivity index (χ0) is 19.0. The molecule has 0 aromatic heterocycles. The van der Waals surface area contributed by atoms with Crippen LogP contribution in [0.3, 0.4) is 0 Å². The lowest BCUT2D eigenvalue weighted by atomic mass is 9.67. The molecule has 25 heavy (non-hydrogen) atoms. The summed E-state index contributed by atoms with van der Waals surface area (Å²) in [5, 5.41) is 10.0. The molecule has 2 nitrogen and oxygen atoms in total. The highest BCUT2D eigenvalue weighted by molar-refractivity contribution is 6.15. The number of rotatable bonds is 1. The lowest BCUT2D eigenvalue weighted by Crippen LogP contribution is -2.51. The normalized spacial score (nSPS) is 19.0. The summed E-state index contributed by atoms with van der Waals surface area (Å²) in [4.78, 5) is 11.8. The third kappa shape index (κ3) is 1.78. The molecule has 2 aromatic rings. The molecule has 0 heterocycles. The molecule has 0 aliphatic heterocycles. The van der Waals surface area contributed by atoms with Gasteiger partial charge in [0.1, 0.15) is 0 Å². The zero-order valence-electron chi connectivity index (χ0n) is 11.3. The number of fused-ring (bicyclic) bond motifs is 1. The molecule has 0 amide bonds. The maximum atomic E-state index is 13.8. The first-order valence-corrected chi connectivity index (χ1v) is 6.13. The van der Waals surface area contributed by atoms with E-state index in [9.17, 15) is 49.4 Å². The van der Waals surface area contributed by atoms with Gasteiger partial charge in [0.25, 0.3) is 0 Å². The highest BCUT2D eigenvalue weighted by atomic mass is 19.2. The number of Topliss-reactive ketones (excluding diaryl/α,β-unsaturated/α-hetero) is 1. The smallest absolute Gasteiger partial charge is 0.207 e. The van der Waals surface area contributed by atoms with Crippen LogP contribution in [0.5, 0.6) is 0 Å². The molecule has 0 saturated heterocycles. The van der Waals surface area contributed by atoms with E-state index < -0.39 is 80.4 Å². The third-order valence-corrected chi connectivity index (χ3v) is 3.76. The predicted molar refractivity (Wildman–Crippen MR) is 59.8 cm³/mol. The van der Waals surface area contributed by atoms with Crippen molar-refractivity contribution in [3.63, 3.8) is 0 Å². The van der Waals surface area contributed by atoms with Gasteiger partial charge in [-0.15, -0.1) is 0 Å². The number of hydrogen-bond donors (Lipinski definition) is 1. The fourth-order valence-corrected chi connectivity index (χ4v) is 2.58. The van der Waals surface area contributed by atoms with Crippen molar-refractivity contribution in [3.8, 4) is 0 Å². The second-order valence-corrected chi connectivity index (χ2v) is 4.99. The van der Waals surface area contributed by atoms with Crippen LogP contribution in [-0.4, -0.2) is 10.9 Å².